The molecule has 0 spiro atoms. The molecule has 0 radical (unpaired) electrons. The monoisotopic (exact) mass is 1350 g/mol. The van der Waals surface area contributed by atoms with Gasteiger partial charge in [0.25, 0.3) is 17.7 Å². The first kappa shape index (κ1) is 44.4. The number of carbonyl (C=O) groups is 4. The van der Waals surface area contributed by atoms with Crippen molar-refractivity contribution in [2.75, 3.05) is 50.1 Å². The van der Waals surface area contributed by atoms with E-state index in [4.69, 9.17) is 15.3 Å². The minimum absolute atomic E-state index is 0.0325. The van der Waals surface area contributed by atoms with Crippen molar-refractivity contribution in [1.29, 1.82) is 0 Å². The number of amides is 5. The Kier molecular flexibility index (Phi) is 19.5. The van der Waals surface area contributed by atoms with E-state index in [9.17, 15) is 39.6 Å². The van der Waals surface area contributed by atoms with Gasteiger partial charge in [-0.3, -0.25) is 14.4 Å². The zero-order valence-corrected chi connectivity index (χ0v) is 37.2. The summed E-state index contributed by atoms with van der Waals surface area (Å²) in [5.41, 5.74) is 0.584. The van der Waals surface area contributed by atoms with Crippen molar-refractivity contribution in [2.24, 2.45) is 0 Å². The largest absolute Gasteiger partial charge is 0.394 e. The van der Waals surface area contributed by atoms with Crippen molar-refractivity contribution < 1.29 is 54.9 Å². The van der Waals surface area contributed by atoms with Gasteiger partial charge in [0.15, 0.2) is 0 Å². The molecule has 5 amide bonds. The molecule has 2 aromatic rings. The Morgan fingerprint density at radius 1 is 0.500 bits per heavy atom. The molecular weight excluding hydrogens is 1320 g/mol. The second-order valence-electron chi connectivity index (χ2n) is 9.61. The van der Waals surface area contributed by atoms with Gasteiger partial charge in [0, 0.05) is 35.9 Å². The molecule has 0 heterocycles. The van der Waals surface area contributed by atoms with Gasteiger partial charge < -0.3 is 62.3 Å². The molecule has 12 N–H and O–H groups in total. The SMILES string of the molecule is O=C(Nc1c(I)c(CO)c(I)c(C(=O)NCC(O)CO)c1I)Nc1c(I)c(C(=O)NCC(O)CO)c(I)c(C(=O)NCC(O)CO)c1I. The fourth-order valence-electron chi connectivity index (χ4n) is 3.68. The van der Waals surface area contributed by atoms with Crippen LogP contribution in [-0.4, -0.2) is 117 Å². The van der Waals surface area contributed by atoms with E-state index < -0.39 is 68.5 Å². The highest BCUT2D eigenvalue weighted by Gasteiger charge is 2.30. The predicted octanol–water partition coefficient (Wildman–Crippen LogP) is 0.700. The first-order chi connectivity index (χ1) is 22.5. The highest BCUT2D eigenvalue weighted by atomic mass is 127. The van der Waals surface area contributed by atoms with Gasteiger partial charge in [-0.2, -0.15) is 0 Å². The van der Waals surface area contributed by atoms with Crippen LogP contribution < -0.4 is 26.6 Å². The molecule has 3 atom stereocenters. The second kappa shape index (κ2) is 21.1. The Labute approximate surface area is 355 Å². The Balaban J connectivity index is 2.63. The molecule has 0 aromatic heterocycles. The fraction of sp³-hybridized carbons (Fsp3) is 0.385. The van der Waals surface area contributed by atoms with Crippen LogP contribution in [0.3, 0.4) is 0 Å². The Hall–Kier alpha value is 0.220. The van der Waals surface area contributed by atoms with Crippen LogP contribution in [-0.2, 0) is 6.61 Å². The minimum Gasteiger partial charge on any atom is -0.394 e. The molecule has 0 aliphatic heterocycles. The van der Waals surface area contributed by atoms with E-state index in [-0.39, 0.29) is 58.4 Å². The molecule has 0 aliphatic carbocycles. The number of nitrogens with one attached hydrogen (secondary N) is 5. The molecule has 0 saturated carbocycles. The molecule has 3 unspecified atom stereocenters. The maximum Gasteiger partial charge on any atom is 0.323 e. The van der Waals surface area contributed by atoms with E-state index >= 15 is 0 Å². The predicted molar refractivity (Wildman–Crippen MR) is 224 cm³/mol. The van der Waals surface area contributed by atoms with Crippen LogP contribution in [0.1, 0.15) is 36.6 Å². The van der Waals surface area contributed by atoms with E-state index in [0.29, 0.717) is 16.3 Å². The Morgan fingerprint density at radius 2 is 0.812 bits per heavy atom. The maximum absolute atomic E-state index is 13.6. The van der Waals surface area contributed by atoms with E-state index in [1.165, 1.54) is 0 Å². The zero-order valence-electron chi connectivity index (χ0n) is 24.2. The van der Waals surface area contributed by atoms with Gasteiger partial charge in [0.2, 0.25) is 0 Å². The number of aliphatic hydroxyl groups excluding tert-OH is 7. The van der Waals surface area contributed by atoms with Gasteiger partial charge >= 0.3 is 6.03 Å². The standard InChI is InChI=1S/C26H29I6N5O11/c27-15-11(7-41)16(28)21(18(30)12(15)23(45)33-1-8(42)4-38)36-26(48)37-22-19(31)13(24(46)34-2-9(43)5-39)17(29)14(20(22)32)25(47)35-3-10(44)6-40/h8-10,38-44H,1-7H2,(H,33,45)(H,34,46)(H,35,47)(H2,36,37,48). The van der Waals surface area contributed by atoms with Crippen molar-refractivity contribution >= 4 is 171 Å². The van der Waals surface area contributed by atoms with Gasteiger partial charge in [-0.05, 0) is 136 Å². The van der Waals surface area contributed by atoms with Crippen LogP contribution in [0.5, 0.6) is 0 Å². The third-order valence-electron chi connectivity index (χ3n) is 6.17. The Morgan fingerprint density at radius 3 is 1.12 bits per heavy atom. The average molecular weight is 1350 g/mol. The number of benzene rings is 2. The molecular formula is C26H29I6N5O11. The highest BCUT2D eigenvalue weighted by molar-refractivity contribution is 14.1. The number of urea groups is 1. The summed E-state index contributed by atoms with van der Waals surface area (Å²) in [6, 6.07) is -0.848. The number of hydrogen-bond donors (Lipinski definition) is 12. The van der Waals surface area contributed by atoms with Crippen molar-refractivity contribution in [3.8, 4) is 0 Å². The summed E-state index contributed by atoms with van der Waals surface area (Å²) in [6.45, 7) is -3.16. The normalized spacial score (nSPS) is 12.9. The van der Waals surface area contributed by atoms with Gasteiger partial charge in [-0.1, -0.05) is 0 Å². The van der Waals surface area contributed by atoms with Gasteiger partial charge in [0.1, 0.15) is 0 Å². The van der Waals surface area contributed by atoms with Crippen molar-refractivity contribution in [3.63, 3.8) is 0 Å². The van der Waals surface area contributed by atoms with Crippen molar-refractivity contribution in [1.82, 2.24) is 16.0 Å². The third-order valence-corrected chi connectivity index (χ3v) is 12.9. The number of halogens is 6. The molecule has 0 saturated heterocycles. The number of hydrogen-bond acceptors (Lipinski definition) is 11. The van der Waals surface area contributed by atoms with Crippen LogP contribution in [0.4, 0.5) is 16.2 Å². The molecule has 0 fully saturated rings. The van der Waals surface area contributed by atoms with E-state index in [0.717, 1.165) is 0 Å². The number of aliphatic hydroxyl groups is 7. The van der Waals surface area contributed by atoms with E-state index in [2.05, 4.69) is 26.6 Å². The number of carbonyl (C=O) groups excluding carboxylic acids is 4. The summed E-state index contributed by atoms with van der Waals surface area (Å²) in [4.78, 5) is 53.3. The summed E-state index contributed by atoms with van der Waals surface area (Å²) in [5, 5.41) is 79.5. The molecule has 0 aliphatic rings. The van der Waals surface area contributed by atoms with Crippen LogP contribution in [0.2, 0.25) is 0 Å². The lowest BCUT2D eigenvalue weighted by Crippen LogP contribution is -2.37. The van der Waals surface area contributed by atoms with Crippen LogP contribution in [0.25, 0.3) is 0 Å². The maximum atomic E-state index is 13.6. The van der Waals surface area contributed by atoms with Gasteiger partial charge in [-0.15, -0.1) is 0 Å². The number of anilines is 2. The fourth-order valence-corrected chi connectivity index (χ4v) is 12.4. The summed E-state index contributed by atoms with van der Waals surface area (Å²) in [5.74, 6) is -2.08. The summed E-state index contributed by atoms with van der Waals surface area (Å²) < 4.78 is 1.71. The zero-order chi connectivity index (χ0) is 36.5. The molecule has 2 aromatic carbocycles. The molecule has 0 bridgehead atoms. The summed E-state index contributed by atoms with van der Waals surface area (Å²) in [7, 11) is 0. The van der Waals surface area contributed by atoms with Gasteiger partial charge in [0.05, 0.1) is 83.5 Å². The van der Waals surface area contributed by atoms with Crippen molar-refractivity contribution in [3.05, 3.63) is 43.7 Å². The summed E-state index contributed by atoms with van der Waals surface area (Å²) in [6.07, 6.45) is -3.71. The lowest BCUT2D eigenvalue weighted by Gasteiger charge is -2.22. The molecule has 48 heavy (non-hydrogen) atoms. The molecule has 266 valence electrons. The second-order valence-corrected chi connectivity index (χ2v) is 16.1. The Bertz CT molecular complexity index is 1500. The lowest BCUT2D eigenvalue weighted by atomic mass is 10.1. The average Bonchev–Trinajstić information content (AvgIpc) is 3.05. The van der Waals surface area contributed by atoms with E-state index in [1.807, 2.05) is 113 Å². The van der Waals surface area contributed by atoms with E-state index in [1.54, 1.807) is 22.6 Å². The third kappa shape index (κ3) is 11.4. The highest BCUT2D eigenvalue weighted by Crippen LogP contribution is 2.38. The molecule has 22 heteroatoms. The number of rotatable bonds is 15. The molecule has 16 nitrogen and oxygen atoms in total. The minimum atomic E-state index is -1.26. The quantitative estimate of drug-likeness (QED) is 0.111. The van der Waals surface area contributed by atoms with Crippen molar-refractivity contribution in [2.45, 2.75) is 24.9 Å². The van der Waals surface area contributed by atoms with Gasteiger partial charge in [-0.25, -0.2) is 4.79 Å². The summed E-state index contributed by atoms with van der Waals surface area (Å²) >= 11 is 11.1. The molecule has 2 rings (SSSR count). The lowest BCUT2D eigenvalue weighted by molar-refractivity contribution is 0.0795. The first-order valence-corrected chi connectivity index (χ1v) is 19.8. The smallest absolute Gasteiger partial charge is 0.323 e. The topological polar surface area (TPSA) is 270 Å². The van der Waals surface area contributed by atoms with Crippen LogP contribution in [0.15, 0.2) is 0 Å². The first-order valence-electron chi connectivity index (χ1n) is 13.4. The van der Waals surface area contributed by atoms with Crippen LogP contribution >= 0.6 is 136 Å². The van der Waals surface area contributed by atoms with Crippen LogP contribution in [0, 0.1) is 21.4 Å².